The summed E-state index contributed by atoms with van der Waals surface area (Å²) in [5.41, 5.74) is 2.31. The van der Waals surface area contributed by atoms with Crippen LogP contribution in [0.15, 0.2) is 12.1 Å². The molecule has 260 valence electrons. The molecule has 0 N–H and O–H groups in total. The van der Waals surface area contributed by atoms with Crippen LogP contribution >= 0.6 is 0 Å². The molecule has 10 heteroatoms. The second-order valence-corrected chi connectivity index (χ2v) is 10.8. The smallest absolute Gasteiger partial charge is 0.407 e. The van der Waals surface area contributed by atoms with Gasteiger partial charge >= 0.3 is 7.12 Å². The standard InChI is InChI=1S/C41H39BO9/c1-6-7-8-9-10-11-12-13-14-15-16-17-18-19-20-21-22-49-39-31-37(33-47-29-27-45-25-23-43-4)40(42-50-35-41(2,3)36-51-42)38(32-39)34-48-30-28-46-26-24-44-5/h1,31-32H,23-30,33-36H2,2-5H3. The Balaban J connectivity index is 2.19. The summed E-state index contributed by atoms with van der Waals surface area (Å²) in [5.74, 6) is 40.5. The van der Waals surface area contributed by atoms with Gasteiger partial charge in [0.1, 0.15) is 11.9 Å². The zero-order chi connectivity index (χ0) is 36.7. The van der Waals surface area contributed by atoms with E-state index < -0.39 is 7.12 Å². The van der Waals surface area contributed by atoms with Gasteiger partial charge in [0, 0.05) is 80.2 Å². The van der Waals surface area contributed by atoms with Crippen LogP contribution < -0.4 is 10.2 Å². The van der Waals surface area contributed by atoms with Crippen molar-refractivity contribution in [2.75, 3.05) is 80.3 Å². The van der Waals surface area contributed by atoms with Gasteiger partial charge in [0.25, 0.3) is 0 Å². The van der Waals surface area contributed by atoms with Gasteiger partial charge in [-0.25, -0.2) is 0 Å². The highest BCUT2D eigenvalue weighted by Crippen LogP contribution is 2.25. The van der Waals surface area contributed by atoms with Crippen molar-refractivity contribution < 1.29 is 42.5 Å². The van der Waals surface area contributed by atoms with E-state index in [9.17, 15) is 0 Å². The van der Waals surface area contributed by atoms with Gasteiger partial charge in [0.2, 0.25) is 0 Å². The Hall–Kier alpha value is -5.20. The summed E-state index contributed by atoms with van der Waals surface area (Å²) in [5, 5.41) is 0. The largest absolute Gasteiger partial charge is 0.494 e. The maximum atomic E-state index is 6.19. The molecule has 0 bridgehead atoms. The van der Waals surface area contributed by atoms with Gasteiger partial charge in [0.05, 0.1) is 66.1 Å². The fourth-order valence-electron chi connectivity index (χ4n) is 3.85. The van der Waals surface area contributed by atoms with Crippen molar-refractivity contribution in [1.82, 2.24) is 0 Å². The van der Waals surface area contributed by atoms with Crippen molar-refractivity contribution in [3.05, 3.63) is 23.3 Å². The normalized spacial score (nSPS) is 11.7. The third-order valence-corrected chi connectivity index (χ3v) is 6.10. The average Bonchev–Trinajstić information content (AvgIpc) is 3.12. The van der Waals surface area contributed by atoms with Gasteiger partial charge in [0.15, 0.2) is 0 Å². The number of hydrogen-bond donors (Lipinski definition) is 0. The molecule has 2 rings (SSSR count). The van der Waals surface area contributed by atoms with Crippen LogP contribution in [0.5, 0.6) is 5.75 Å². The molecular formula is C41H39BO9. The monoisotopic (exact) mass is 686 g/mol. The Morgan fingerprint density at radius 2 is 0.980 bits per heavy atom. The minimum atomic E-state index is -0.614. The van der Waals surface area contributed by atoms with Crippen LogP contribution in [0.4, 0.5) is 0 Å². The Kier molecular flexibility index (Phi) is 22.7. The molecule has 0 saturated carbocycles. The van der Waals surface area contributed by atoms with E-state index in [1.54, 1.807) is 14.2 Å². The van der Waals surface area contributed by atoms with Gasteiger partial charge in [-0.15, -0.1) is 6.42 Å². The van der Waals surface area contributed by atoms with Crippen molar-refractivity contribution in [2.45, 2.75) is 27.1 Å². The lowest BCUT2D eigenvalue weighted by atomic mass is 9.71. The third kappa shape index (κ3) is 20.2. The maximum Gasteiger partial charge on any atom is 0.494 e. The average molecular weight is 687 g/mol. The summed E-state index contributed by atoms with van der Waals surface area (Å²) >= 11 is 0. The van der Waals surface area contributed by atoms with Crippen LogP contribution in [-0.4, -0.2) is 87.4 Å². The molecule has 51 heavy (non-hydrogen) atoms. The number of terminal acetylenes is 1. The van der Waals surface area contributed by atoms with Crippen LogP contribution in [0, 0.1) is 113 Å². The SMILES string of the molecule is C#CC#CC#CC#CC#CC#CC#CC#CC#COc1cc(COCCOCCOC)c(B2OCC(C)(C)CO2)c(COCCOCCOC)c1. The number of methoxy groups -OCH3 is 2. The molecule has 0 atom stereocenters. The van der Waals surface area contributed by atoms with Crippen molar-refractivity contribution in [2.24, 2.45) is 5.41 Å². The van der Waals surface area contributed by atoms with E-state index >= 15 is 0 Å². The van der Waals surface area contributed by atoms with E-state index in [1.165, 1.54) is 0 Å². The molecule has 0 spiro atoms. The maximum absolute atomic E-state index is 6.19. The molecular weight excluding hydrogens is 647 g/mol. The minimum absolute atomic E-state index is 0.113. The van der Waals surface area contributed by atoms with Gasteiger partial charge in [-0.05, 0) is 76.1 Å². The molecule has 1 aromatic carbocycles. The Morgan fingerprint density at radius 1 is 0.588 bits per heavy atom. The van der Waals surface area contributed by atoms with Crippen molar-refractivity contribution in [3.8, 4) is 113 Å². The molecule has 1 aliphatic heterocycles. The van der Waals surface area contributed by atoms with Gasteiger partial charge in [-0.1, -0.05) is 13.8 Å². The number of rotatable bonds is 18. The minimum Gasteiger partial charge on any atom is -0.407 e. The van der Waals surface area contributed by atoms with Crippen LogP contribution in [0.1, 0.15) is 25.0 Å². The van der Waals surface area contributed by atoms with Crippen molar-refractivity contribution in [3.63, 3.8) is 0 Å². The van der Waals surface area contributed by atoms with Crippen LogP contribution in [-0.2, 0) is 50.9 Å². The fraction of sp³-hybridized carbons (Fsp3) is 0.415. The molecule has 1 aromatic rings. The topological polar surface area (TPSA) is 83.1 Å². The summed E-state index contributed by atoms with van der Waals surface area (Å²) in [6.07, 6.45) is 7.59. The first kappa shape index (κ1) is 42.0. The van der Waals surface area contributed by atoms with Crippen molar-refractivity contribution >= 4 is 12.6 Å². The van der Waals surface area contributed by atoms with Gasteiger partial charge in [-0.3, -0.25) is 0 Å². The molecule has 0 aliphatic carbocycles. The van der Waals surface area contributed by atoms with E-state index in [0.29, 0.717) is 71.8 Å². The van der Waals surface area contributed by atoms with E-state index in [-0.39, 0.29) is 18.6 Å². The van der Waals surface area contributed by atoms with Crippen LogP contribution in [0.3, 0.4) is 0 Å². The lowest BCUT2D eigenvalue weighted by Crippen LogP contribution is -2.50. The Bertz CT molecular complexity index is 1770. The highest BCUT2D eigenvalue weighted by atomic mass is 16.6. The second kappa shape index (κ2) is 27.6. The molecule has 1 fully saturated rings. The number of ether oxygens (including phenoxy) is 7. The first-order valence-corrected chi connectivity index (χ1v) is 15.8. The van der Waals surface area contributed by atoms with E-state index in [2.05, 4.69) is 115 Å². The molecule has 1 aliphatic rings. The predicted octanol–water partition coefficient (Wildman–Crippen LogP) is 1.81. The van der Waals surface area contributed by atoms with E-state index in [1.807, 2.05) is 12.1 Å². The summed E-state index contributed by atoms with van der Waals surface area (Å²) in [6.45, 7) is 9.30. The summed E-state index contributed by atoms with van der Waals surface area (Å²) in [4.78, 5) is 0. The van der Waals surface area contributed by atoms with E-state index in [0.717, 1.165) is 16.6 Å². The molecule has 0 unspecified atom stereocenters. The lowest BCUT2D eigenvalue weighted by molar-refractivity contribution is 0.0180. The first-order chi connectivity index (χ1) is 25.0. The second-order valence-electron chi connectivity index (χ2n) is 10.8. The van der Waals surface area contributed by atoms with Crippen LogP contribution in [0.2, 0.25) is 0 Å². The number of benzene rings is 1. The quantitative estimate of drug-likeness (QED) is 0.131. The molecule has 9 nitrogen and oxygen atoms in total. The third-order valence-electron chi connectivity index (χ3n) is 6.10. The van der Waals surface area contributed by atoms with Crippen LogP contribution in [0.25, 0.3) is 0 Å². The number of hydrogen-bond acceptors (Lipinski definition) is 9. The predicted molar refractivity (Wildman–Crippen MR) is 194 cm³/mol. The Morgan fingerprint density at radius 3 is 1.41 bits per heavy atom. The summed E-state index contributed by atoms with van der Waals surface area (Å²) < 4.78 is 51.2. The molecule has 0 amide bonds. The molecule has 1 heterocycles. The zero-order valence-corrected chi connectivity index (χ0v) is 29.5. The molecule has 0 aromatic heterocycles. The summed E-state index contributed by atoms with van der Waals surface area (Å²) in [7, 11) is 2.64. The first-order valence-electron chi connectivity index (χ1n) is 15.8. The highest BCUT2D eigenvalue weighted by molar-refractivity contribution is 6.62. The van der Waals surface area contributed by atoms with E-state index in [4.69, 9.17) is 48.9 Å². The lowest BCUT2D eigenvalue weighted by Gasteiger charge is -2.34. The highest BCUT2D eigenvalue weighted by Gasteiger charge is 2.36. The van der Waals surface area contributed by atoms with Gasteiger partial charge < -0.3 is 42.5 Å². The Labute approximate surface area is 303 Å². The van der Waals surface area contributed by atoms with Crippen molar-refractivity contribution in [1.29, 1.82) is 0 Å². The summed E-state index contributed by atoms with van der Waals surface area (Å²) in [6, 6.07) is 3.68. The zero-order valence-electron chi connectivity index (χ0n) is 29.5. The fourth-order valence-corrected chi connectivity index (χ4v) is 3.85. The molecule has 0 radical (unpaired) electrons. The molecule has 1 saturated heterocycles. The van der Waals surface area contributed by atoms with Gasteiger partial charge in [-0.2, -0.15) is 0 Å².